The smallest absolute Gasteiger partial charge is 0.279 e. The Bertz CT molecular complexity index is 867. The first-order valence-electron chi connectivity index (χ1n) is 7.29. The Morgan fingerprint density at radius 3 is 2.35 bits per heavy atom. The molecule has 136 valence electrons. The first kappa shape index (κ1) is 18.6. The number of methoxy groups -OCH3 is 2. The van der Waals surface area contributed by atoms with Crippen LogP contribution in [-0.4, -0.2) is 30.0 Å². The first-order valence-corrected chi connectivity index (χ1v) is 7.29. The molecule has 0 heterocycles. The lowest BCUT2D eigenvalue weighted by molar-refractivity contribution is -0.394. The zero-order valence-electron chi connectivity index (χ0n) is 13.9. The number of anilines is 1. The van der Waals surface area contributed by atoms with E-state index in [0.29, 0.717) is 17.2 Å². The van der Waals surface area contributed by atoms with Crippen molar-refractivity contribution in [1.29, 1.82) is 0 Å². The summed E-state index contributed by atoms with van der Waals surface area (Å²) in [5, 5.41) is 24.5. The molecule has 0 unspecified atom stereocenters. The highest BCUT2D eigenvalue weighted by Crippen LogP contribution is 2.30. The Hall–Kier alpha value is -3.69. The van der Waals surface area contributed by atoms with Gasteiger partial charge in [0.05, 0.1) is 42.2 Å². The van der Waals surface area contributed by atoms with Gasteiger partial charge in [-0.25, -0.2) is 0 Å². The van der Waals surface area contributed by atoms with Crippen LogP contribution in [0.4, 0.5) is 17.1 Å². The summed E-state index contributed by atoms with van der Waals surface area (Å²) in [6.07, 6.45) is -0.330. The summed E-state index contributed by atoms with van der Waals surface area (Å²) in [6.45, 7) is 0. The minimum atomic E-state index is -0.760. The van der Waals surface area contributed by atoms with Gasteiger partial charge in [0.2, 0.25) is 5.91 Å². The molecule has 26 heavy (non-hydrogen) atoms. The number of amides is 1. The lowest BCUT2D eigenvalue weighted by Gasteiger charge is -2.11. The topological polar surface area (TPSA) is 134 Å². The molecule has 0 saturated carbocycles. The van der Waals surface area contributed by atoms with Gasteiger partial charge in [-0.1, -0.05) is 0 Å². The van der Waals surface area contributed by atoms with Gasteiger partial charge in [-0.15, -0.1) is 0 Å². The maximum atomic E-state index is 12.2. The fourth-order valence-corrected chi connectivity index (χ4v) is 2.25. The Morgan fingerprint density at radius 1 is 1.04 bits per heavy atom. The van der Waals surface area contributed by atoms with Crippen LogP contribution in [0.25, 0.3) is 0 Å². The van der Waals surface area contributed by atoms with E-state index < -0.39 is 27.1 Å². The van der Waals surface area contributed by atoms with Crippen molar-refractivity contribution in [3.8, 4) is 11.5 Å². The predicted molar refractivity (Wildman–Crippen MR) is 91.6 cm³/mol. The summed E-state index contributed by atoms with van der Waals surface area (Å²) in [5.74, 6) is 0.354. The van der Waals surface area contributed by atoms with E-state index >= 15 is 0 Å². The number of rotatable bonds is 7. The highest BCUT2D eigenvalue weighted by molar-refractivity contribution is 5.94. The van der Waals surface area contributed by atoms with Crippen LogP contribution in [0.1, 0.15) is 5.56 Å². The van der Waals surface area contributed by atoms with Crippen molar-refractivity contribution in [2.24, 2.45) is 0 Å². The maximum absolute atomic E-state index is 12.2. The monoisotopic (exact) mass is 361 g/mol. The van der Waals surface area contributed by atoms with Crippen molar-refractivity contribution in [3.63, 3.8) is 0 Å². The van der Waals surface area contributed by atoms with Crippen LogP contribution in [0.5, 0.6) is 11.5 Å². The van der Waals surface area contributed by atoms with Crippen molar-refractivity contribution < 1.29 is 24.1 Å². The zero-order valence-corrected chi connectivity index (χ0v) is 13.9. The number of ether oxygens (including phenoxy) is 2. The van der Waals surface area contributed by atoms with E-state index in [2.05, 4.69) is 5.32 Å². The van der Waals surface area contributed by atoms with Gasteiger partial charge in [0.1, 0.15) is 11.5 Å². The van der Waals surface area contributed by atoms with Crippen LogP contribution in [-0.2, 0) is 11.2 Å². The van der Waals surface area contributed by atoms with E-state index in [-0.39, 0.29) is 12.0 Å². The van der Waals surface area contributed by atoms with Gasteiger partial charge in [-0.3, -0.25) is 25.0 Å². The molecule has 1 N–H and O–H groups in total. The number of nitro benzene ring substituents is 2. The molecule has 0 aromatic heterocycles. The Kier molecular flexibility index (Phi) is 5.68. The third kappa shape index (κ3) is 4.23. The third-order valence-corrected chi connectivity index (χ3v) is 3.51. The van der Waals surface area contributed by atoms with Gasteiger partial charge in [0.25, 0.3) is 11.4 Å². The standard InChI is InChI=1S/C16H15N3O7/c1-25-12-5-6-13(15(9-12)26-2)17-16(20)7-10-3-4-11(18(21)22)8-14(10)19(23)24/h3-6,8-9H,7H2,1-2H3,(H,17,20). The summed E-state index contributed by atoms with van der Waals surface area (Å²) in [6, 6.07) is 7.90. The van der Waals surface area contributed by atoms with Crippen molar-refractivity contribution in [1.82, 2.24) is 0 Å². The molecule has 0 spiro atoms. The quantitative estimate of drug-likeness (QED) is 0.592. The molecule has 2 aromatic carbocycles. The van der Waals surface area contributed by atoms with Gasteiger partial charge in [0.15, 0.2) is 0 Å². The van der Waals surface area contributed by atoms with E-state index in [4.69, 9.17) is 9.47 Å². The van der Waals surface area contributed by atoms with Crippen LogP contribution >= 0.6 is 0 Å². The Balaban J connectivity index is 2.23. The number of nitro groups is 2. The molecule has 0 aliphatic rings. The molecule has 0 bridgehead atoms. The van der Waals surface area contributed by atoms with E-state index in [1.54, 1.807) is 18.2 Å². The normalized spacial score (nSPS) is 10.1. The average Bonchev–Trinajstić information content (AvgIpc) is 2.61. The summed E-state index contributed by atoms with van der Waals surface area (Å²) >= 11 is 0. The number of non-ortho nitro benzene ring substituents is 1. The van der Waals surface area contributed by atoms with Crippen molar-refractivity contribution in [3.05, 3.63) is 62.2 Å². The van der Waals surface area contributed by atoms with Crippen molar-refractivity contribution in [2.75, 3.05) is 19.5 Å². The van der Waals surface area contributed by atoms with Gasteiger partial charge in [0, 0.05) is 17.7 Å². The summed E-state index contributed by atoms with van der Waals surface area (Å²) in [7, 11) is 2.91. The molecule has 0 fully saturated rings. The molecule has 10 nitrogen and oxygen atoms in total. The SMILES string of the molecule is COc1ccc(NC(=O)Cc2ccc([N+](=O)[O-])cc2[N+](=O)[O-])c(OC)c1. The van der Waals surface area contributed by atoms with Crippen LogP contribution in [0.3, 0.4) is 0 Å². The van der Waals surface area contributed by atoms with Gasteiger partial charge >= 0.3 is 0 Å². The summed E-state index contributed by atoms with van der Waals surface area (Å²) in [5.41, 5.74) is -0.484. The number of hydrogen-bond acceptors (Lipinski definition) is 7. The Labute approximate surface area is 147 Å². The molecule has 0 atom stereocenters. The summed E-state index contributed by atoms with van der Waals surface area (Å²) < 4.78 is 10.2. The van der Waals surface area contributed by atoms with E-state index in [1.165, 1.54) is 20.3 Å². The highest BCUT2D eigenvalue weighted by Gasteiger charge is 2.21. The highest BCUT2D eigenvalue weighted by atomic mass is 16.6. The maximum Gasteiger partial charge on any atom is 0.279 e. The molecule has 10 heteroatoms. The van der Waals surface area contributed by atoms with E-state index in [1.807, 2.05) is 0 Å². The molecule has 0 saturated heterocycles. The molecule has 0 radical (unpaired) electrons. The van der Waals surface area contributed by atoms with E-state index in [9.17, 15) is 25.0 Å². The van der Waals surface area contributed by atoms with E-state index in [0.717, 1.165) is 12.1 Å². The lowest BCUT2D eigenvalue weighted by atomic mass is 10.1. The van der Waals surface area contributed by atoms with Gasteiger partial charge in [-0.2, -0.15) is 0 Å². The molecule has 0 aliphatic carbocycles. The van der Waals surface area contributed by atoms with Crippen LogP contribution < -0.4 is 14.8 Å². The fraction of sp³-hybridized carbons (Fsp3) is 0.188. The molecule has 0 aliphatic heterocycles. The van der Waals surface area contributed by atoms with Crippen molar-refractivity contribution >= 4 is 23.0 Å². The third-order valence-electron chi connectivity index (χ3n) is 3.51. The minimum Gasteiger partial charge on any atom is -0.497 e. The number of carbonyl (C=O) groups is 1. The molecule has 1 amide bonds. The van der Waals surface area contributed by atoms with Crippen LogP contribution in [0.2, 0.25) is 0 Å². The number of benzene rings is 2. The fourth-order valence-electron chi connectivity index (χ4n) is 2.25. The van der Waals surface area contributed by atoms with Crippen LogP contribution in [0, 0.1) is 20.2 Å². The second kappa shape index (κ2) is 7.92. The largest absolute Gasteiger partial charge is 0.497 e. The van der Waals surface area contributed by atoms with Gasteiger partial charge in [-0.05, 0) is 18.2 Å². The minimum absolute atomic E-state index is 0.0607. The number of nitrogens with one attached hydrogen (secondary N) is 1. The van der Waals surface area contributed by atoms with Crippen LogP contribution in [0.15, 0.2) is 36.4 Å². The number of carbonyl (C=O) groups excluding carboxylic acids is 1. The number of hydrogen-bond donors (Lipinski definition) is 1. The molecule has 2 aromatic rings. The lowest BCUT2D eigenvalue weighted by Crippen LogP contribution is -2.16. The van der Waals surface area contributed by atoms with Gasteiger partial charge < -0.3 is 14.8 Å². The molecular formula is C16H15N3O7. The summed E-state index contributed by atoms with van der Waals surface area (Å²) in [4.78, 5) is 32.6. The second-order valence-electron chi connectivity index (χ2n) is 5.12. The number of nitrogens with zero attached hydrogens (tertiary/aromatic N) is 2. The first-order chi connectivity index (χ1) is 12.3. The second-order valence-corrected chi connectivity index (χ2v) is 5.12. The molecular weight excluding hydrogens is 346 g/mol. The molecule has 2 rings (SSSR count). The van der Waals surface area contributed by atoms with Crippen molar-refractivity contribution in [2.45, 2.75) is 6.42 Å². The Morgan fingerprint density at radius 2 is 1.77 bits per heavy atom. The zero-order chi connectivity index (χ0) is 19.3. The predicted octanol–water partition coefficient (Wildman–Crippen LogP) is 2.70. The average molecular weight is 361 g/mol.